The zero-order chi connectivity index (χ0) is 19.2. The summed E-state index contributed by atoms with van der Waals surface area (Å²) in [5.41, 5.74) is 1.84. The number of rotatable bonds is 6. The van der Waals surface area contributed by atoms with Gasteiger partial charge in [0.2, 0.25) is 0 Å². The Labute approximate surface area is 166 Å². The standard InChI is InChI=1S/C22H28ClN3O/c1-26(2)20(17-7-4-3-5-8-17)18-12-10-16(11-13-18)15-25-22(27)19-9-6-14-24-21(19)23/h3-9,14,16,18,20H,10-13,15H2,1-2H3,(H,25,27). The summed E-state index contributed by atoms with van der Waals surface area (Å²) in [4.78, 5) is 18.6. The highest BCUT2D eigenvalue weighted by atomic mass is 35.5. The number of nitrogens with one attached hydrogen (secondary N) is 1. The van der Waals surface area contributed by atoms with Crippen LogP contribution in [0.3, 0.4) is 0 Å². The molecule has 2 aromatic rings. The molecule has 1 aromatic heterocycles. The van der Waals surface area contributed by atoms with E-state index in [4.69, 9.17) is 11.6 Å². The van der Waals surface area contributed by atoms with Crippen molar-refractivity contribution in [2.45, 2.75) is 31.7 Å². The zero-order valence-electron chi connectivity index (χ0n) is 16.1. The van der Waals surface area contributed by atoms with Crippen molar-refractivity contribution in [2.24, 2.45) is 11.8 Å². The summed E-state index contributed by atoms with van der Waals surface area (Å²) in [6.07, 6.45) is 6.25. The molecule has 1 heterocycles. The molecule has 5 heteroatoms. The molecule has 0 aliphatic heterocycles. The van der Waals surface area contributed by atoms with Crippen LogP contribution in [0.1, 0.15) is 47.6 Å². The van der Waals surface area contributed by atoms with Crippen molar-refractivity contribution in [1.29, 1.82) is 0 Å². The predicted octanol–water partition coefficient (Wildman–Crippen LogP) is 4.57. The summed E-state index contributed by atoms with van der Waals surface area (Å²) in [7, 11) is 4.34. The third-order valence-corrected chi connectivity index (χ3v) is 5.89. The molecule has 1 fully saturated rings. The molecule has 1 atom stereocenters. The molecule has 144 valence electrons. The van der Waals surface area contributed by atoms with Crippen LogP contribution in [0.25, 0.3) is 0 Å². The van der Waals surface area contributed by atoms with Crippen LogP contribution >= 0.6 is 11.6 Å². The molecular weight excluding hydrogens is 358 g/mol. The SMILES string of the molecule is CN(C)C(c1ccccc1)C1CCC(CNC(=O)c2cccnc2Cl)CC1. The maximum absolute atomic E-state index is 12.3. The first-order chi connectivity index (χ1) is 13.1. The number of carbonyl (C=O) groups excluding carboxylic acids is 1. The van der Waals surface area contributed by atoms with Crippen LogP contribution in [0.5, 0.6) is 0 Å². The normalized spacial score (nSPS) is 21.0. The number of hydrogen-bond acceptors (Lipinski definition) is 3. The van der Waals surface area contributed by atoms with Gasteiger partial charge in [-0.3, -0.25) is 4.79 Å². The Balaban J connectivity index is 1.52. The summed E-state index contributed by atoms with van der Waals surface area (Å²) >= 11 is 6.01. The lowest BCUT2D eigenvalue weighted by Gasteiger charge is -2.37. The second-order valence-electron chi connectivity index (χ2n) is 7.65. The highest BCUT2D eigenvalue weighted by molar-refractivity contribution is 6.32. The quantitative estimate of drug-likeness (QED) is 0.740. The molecule has 3 rings (SSSR count). The average molecular weight is 386 g/mol. The van der Waals surface area contributed by atoms with E-state index in [0.29, 0.717) is 30.0 Å². The number of halogens is 1. The Bertz CT molecular complexity index is 742. The maximum Gasteiger partial charge on any atom is 0.254 e. The lowest BCUT2D eigenvalue weighted by Crippen LogP contribution is -2.34. The Morgan fingerprint density at radius 2 is 1.85 bits per heavy atom. The number of amides is 1. The van der Waals surface area contributed by atoms with Gasteiger partial charge in [-0.1, -0.05) is 41.9 Å². The molecule has 1 N–H and O–H groups in total. The fourth-order valence-corrected chi connectivity index (χ4v) is 4.44. The van der Waals surface area contributed by atoms with Crippen LogP contribution in [-0.2, 0) is 0 Å². The minimum Gasteiger partial charge on any atom is -0.352 e. The van der Waals surface area contributed by atoms with Gasteiger partial charge in [0.15, 0.2) is 0 Å². The molecule has 0 radical (unpaired) electrons. The van der Waals surface area contributed by atoms with Crippen LogP contribution in [0.15, 0.2) is 48.7 Å². The van der Waals surface area contributed by atoms with Gasteiger partial charge in [0.1, 0.15) is 5.15 Å². The van der Waals surface area contributed by atoms with E-state index in [1.807, 2.05) is 0 Å². The highest BCUT2D eigenvalue weighted by Gasteiger charge is 2.30. The second kappa shape index (κ2) is 9.34. The number of hydrogen-bond donors (Lipinski definition) is 1. The number of nitrogens with zero attached hydrogens (tertiary/aromatic N) is 2. The number of carbonyl (C=O) groups is 1. The Morgan fingerprint density at radius 3 is 2.48 bits per heavy atom. The molecule has 27 heavy (non-hydrogen) atoms. The topological polar surface area (TPSA) is 45.2 Å². The van der Waals surface area contributed by atoms with Gasteiger partial charge in [-0.25, -0.2) is 4.98 Å². The first kappa shape index (κ1) is 19.8. The van der Waals surface area contributed by atoms with Crippen LogP contribution < -0.4 is 5.32 Å². The maximum atomic E-state index is 12.3. The summed E-state index contributed by atoms with van der Waals surface area (Å²) in [5.74, 6) is 1.05. The predicted molar refractivity (Wildman–Crippen MR) is 110 cm³/mol. The molecule has 0 spiro atoms. The number of aromatic nitrogens is 1. The van der Waals surface area contributed by atoms with Gasteiger partial charge in [-0.05, 0) is 69.3 Å². The van der Waals surface area contributed by atoms with E-state index in [1.165, 1.54) is 18.4 Å². The van der Waals surface area contributed by atoms with Gasteiger partial charge < -0.3 is 10.2 Å². The van der Waals surface area contributed by atoms with Crippen LogP contribution in [-0.4, -0.2) is 36.4 Å². The van der Waals surface area contributed by atoms with Gasteiger partial charge in [-0.2, -0.15) is 0 Å². The van der Waals surface area contributed by atoms with Crippen LogP contribution in [0, 0.1) is 11.8 Å². The van der Waals surface area contributed by atoms with E-state index in [9.17, 15) is 4.79 Å². The van der Waals surface area contributed by atoms with E-state index < -0.39 is 0 Å². The highest BCUT2D eigenvalue weighted by Crippen LogP contribution is 2.39. The molecule has 1 amide bonds. The van der Waals surface area contributed by atoms with E-state index in [-0.39, 0.29) is 11.1 Å². The first-order valence-electron chi connectivity index (χ1n) is 9.66. The monoisotopic (exact) mass is 385 g/mol. The van der Waals surface area contributed by atoms with Crippen molar-refractivity contribution in [1.82, 2.24) is 15.2 Å². The molecule has 1 unspecified atom stereocenters. The van der Waals surface area contributed by atoms with Gasteiger partial charge in [0, 0.05) is 18.8 Å². The van der Waals surface area contributed by atoms with Gasteiger partial charge >= 0.3 is 0 Å². The lowest BCUT2D eigenvalue weighted by atomic mass is 9.76. The summed E-state index contributed by atoms with van der Waals surface area (Å²) in [5, 5.41) is 3.29. The van der Waals surface area contributed by atoms with Crippen molar-refractivity contribution in [3.8, 4) is 0 Å². The number of pyridine rings is 1. The average Bonchev–Trinajstić information content (AvgIpc) is 2.68. The van der Waals surface area contributed by atoms with Crippen molar-refractivity contribution in [3.63, 3.8) is 0 Å². The fourth-order valence-electron chi connectivity index (χ4n) is 4.24. The first-order valence-corrected chi connectivity index (χ1v) is 10.0. The number of benzene rings is 1. The van der Waals surface area contributed by atoms with Crippen LogP contribution in [0.2, 0.25) is 5.15 Å². The Hall–Kier alpha value is -1.91. The third-order valence-electron chi connectivity index (χ3n) is 5.59. The fraction of sp³-hybridized carbons (Fsp3) is 0.455. The minimum absolute atomic E-state index is 0.134. The second-order valence-corrected chi connectivity index (χ2v) is 8.01. The van der Waals surface area contributed by atoms with E-state index >= 15 is 0 Å². The van der Waals surface area contributed by atoms with Gasteiger partial charge in [0.05, 0.1) is 5.56 Å². The van der Waals surface area contributed by atoms with E-state index in [0.717, 1.165) is 12.8 Å². The molecule has 4 nitrogen and oxygen atoms in total. The van der Waals surface area contributed by atoms with Crippen molar-refractivity contribution in [2.75, 3.05) is 20.6 Å². The molecule has 0 saturated heterocycles. The van der Waals surface area contributed by atoms with E-state index in [1.54, 1.807) is 18.3 Å². The molecule has 0 bridgehead atoms. The molecule has 1 saturated carbocycles. The largest absolute Gasteiger partial charge is 0.352 e. The minimum atomic E-state index is -0.134. The summed E-state index contributed by atoms with van der Waals surface area (Å²) in [6.45, 7) is 0.703. The summed E-state index contributed by atoms with van der Waals surface area (Å²) in [6, 6.07) is 14.7. The van der Waals surface area contributed by atoms with Gasteiger partial charge in [0.25, 0.3) is 5.91 Å². The van der Waals surface area contributed by atoms with Crippen molar-refractivity contribution >= 4 is 17.5 Å². The molecular formula is C22H28ClN3O. The van der Waals surface area contributed by atoms with Crippen molar-refractivity contribution < 1.29 is 4.79 Å². The molecule has 1 aliphatic carbocycles. The van der Waals surface area contributed by atoms with E-state index in [2.05, 4.69) is 59.6 Å². The molecule has 1 aromatic carbocycles. The molecule has 1 aliphatic rings. The third kappa shape index (κ3) is 5.08. The Kier molecular flexibility index (Phi) is 6.86. The Morgan fingerprint density at radius 1 is 1.15 bits per heavy atom. The summed E-state index contributed by atoms with van der Waals surface area (Å²) < 4.78 is 0. The van der Waals surface area contributed by atoms with Gasteiger partial charge in [-0.15, -0.1) is 0 Å². The zero-order valence-corrected chi connectivity index (χ0v) is 16.8. The smallest absolute Gasteiger partial charge is 0.254 e. The van der Waals surface area contributed by atoms with Crippen molar-refractivity contribution in [3.05, 3.63) is 64.9 Å². The van der Waals surface area contributed by atoms with Crippen LogP contribution in [0.4, 0.5) is 0 Å². The lowest BCUT2D eigenvalue weighted by molar-refractivity contribution is 0.0934.